The predicted molar refractivity (Wildman–Crippen MR) is 206 cm³/mol. The van der Waals surface area contributed by atoms with Gasteiger partial charge in [0.05, 0.1) is 0 Å². The second kappa shape index (κ2) is 14.8. The maximum Gasteiger partial charge on any atom is 0.0440 e. The molecule has 232 valence electrons. The molecule has 6 aromatic rings. The molecule has 0 amide bonds. The number of nitrogens with one attached hydrogen (secondary N) is 1. The fourth-order valence-electron chi connectivity index (χ4n) is 6.47. The number of hydrogen-bond donors (Lipinski definition) is 1. The van der Waals surface area contributed by atoms with E-state index >= 15 is 0 Å². The molecule has 0 spiro atoms. The molecule has 0 bridgehead atoms. The molecule has 0 aliphatic heterocycles. The molecule has 0 saturated heterocycles. The molecular weight excluding hydrogens is 569 g/mol. The smallest absolute Gasteiger partial charge is 0.0440 e. The van der Waals surface area contributed by atoms with E-state index < -0.39 is 0 Å². The van der Waals surface area contributed by atoms with Crippen LogP contribution in [0.5, 0.6) is 0 Å². The zero-order valence-corrected chi connectivity index (χ0v) is 27.4. The summed E-state index contributed by atoms with van der Waals surface area (Å²) in [5, 5.41) is 6.16. The Bertz CT molecular complexity index is 2020. The highest BCUT2D eigenvalue weighted by Gasteiger charge is 2.19. The molecule has 0 fully saturated rings. The van der Waals surface area contributed by atoms with E-state index in [9.17, 15) is 0 Å². The number of para-hydroxylation sites is 1. The fraction of sp³-hybridized carbons (Fsp3) is 0.111. The highest BCUT2D eigenvalue weighted by atomic mass is 15.2. The molecule has 6 aromatic carbocycles. The summed E-state index contributed by atoms with van der Waals surface area (Å²) < 4.78 is 0. The number of hydrogen-bond acceptors (Lipinski definition) is 2. The molecule has 0 heterocycles. The topological polar surface area (TPSA) is 15.3 Å². The number of rotatable bonds is 12. The quantitative estimate of drug-likeness (QED) is 0.139. The Morgan fingerprint density at radius 3 is 1.91 bits per heavy atom. The molecular formula is C45H42N2. The van der Waals surface area contributed by atoms with Crippen molar-refractivity contribution < 1.29 is 0 Å². The Morgan fingerprint density at radius 1 is 0.681 bits per heavy atom. The SMILES string of the molecule is C=Cc1c(/C=C\CNCCN(C(=C)c2ccccc2)c2ccccc2C)c(-c2ccccc2)c2cc(C)ccc2c1-c1ccccc1. The average Bonchev–Trinajstić information content (AvgIpc) is 3.12. The predicted octanol–water partition coefficient (Wildman–Crippen LogP) is 11.2. The van der Waals surface area contributed by atoms with Crippen molar-refractivity contribution in [2.75, 3.05) is 24.5 Å². The van der Waals surface area contributed by atoms with E-state index in [2.05, 4.69) is 177 Å². The van der Waals surface area contributed by atoms with Gasteiger partial charge in [0.25, 0.3) is 0 Å². The van der Waals surface area contributed by atoms with E-state index in [0.29, 0.717) is 0 Å². The number of fused-ring (bicyclic) bond motifs is 1. The summed E-state index contributed by atoms with van der Waals surface area (Å²) in [6, 6.07) is 47.2. The summed E-state index contributed by atoms with van der Waals surface area (Å²) in [6.07, 6.45) is 6.55. The summed E-state index contributed by atoms with van der Waals surface area (Å²) in [7, 11) is 0. The van der Waals surface area contributed by atoms with Crippen LogP contribution in [0.1, 0.15) is 27.8 Å². The van der Waals surface area contributed by atoms with Gasteiger partial charge in [-0.15, -0.1) is 0 Å². The molecule has 0 aromatic heterocycles. The molecule has 1 N–H and O–H groups in total. The van der Waals surface area contributed by atoms with Crippen molar-refractivity contribution in [3.8, 4) is 22.3 Å². The van der Waals surface area contributed by atoms with Crippen LogP contribution in [0.2, 0.25) is 0 Å². The second-order valence-corrected chi connectivity index (χ2v) is 11.9. The van der Waals surface area contributed by atoms with E-state index in [1.54, 1.807) is 0 Å². The highest BCUT2D eigenvalue weighted by Crippen LogP contribution is 2.43. The van der Waals surface area contributed by atoms with Crippen molar-refractivity contribution in [2.45, 2.75) is 13.8 Å². The molecule has 2 heteroatoms. The Balaban J connectivity index is 1.32. The zero-order valence-electron chi connectivity index (χ0n) is 27.4. The Labute approximate surface area is 280 Å². The van der Waals surface area contributed by atoms with Crippen LogP contribution in [0, 0.1) is 13.8 Å². The monoisotopic (exact) mass is 610 g/mol. The van der Waals surface area contributed by atoms with Gasteiger partial charge < -0.3 is 10.2 Å². The standard InChI is InChI=1S/C45H42N2/c1-5-39-40(25-17-29-46-30-31-47(43-26-16-15-18-34(43)3)35(4)36-19-9-6-10-20-36)45(38-23-13-8-14-24-38)42-32-33(2)27-28-41(42)44(39)37-21-11-7-12-22-37/h5-28,32,46H,1,4,29-31H2,2-3H3/b25-17-. The van der Waals surface area contributed by atoms with Crippen LogP contribution in [0.15, 0.2) is 153 Å². The van der Waals surface area contributed by atoms with Gasteiger partial charge in [-0.1, -0.05) is 164 Å². The molecule has 0 aliphatic carbocycles. The summed E-state index contributed by atoms with van der Waals surface area (Å²) in [5.74, 6) is 0. The maximum absolute atomic E-state index is 4.49. The number of anilines is 1. The first-order chi connectivity index (χ1) is 23.1. The lowest BCUT2D eigenvalue weighted by atomic mass is 9.83. The zero-order chi connectivity index (χ0) is 32.6. The maximum atomic E-state index is 4.49. The minimum Gasteiger partial charge on any atom is -0.340 e. The van der Waals surface area contributed by atoms with Crippen molar-refractivity contribution in [3.63, 3.8) is 0 Å². The Hall–Kier alpha value is -5.44. The summed E-state index contributed by atoms with van der Waals surface area (Å²) >= 11 is 0. The fourth-order valence-corrected chi connectivity index (χ4v) is 6.47. The minimum atomic E-state index is 0.733. The van der Waals surface area contributed by atoms with E-state index in [-0.39, 0.29) is 0 Å². The van der Waals surface area contributed by atoms with E-state index in [4.69, 9.17) is 0 Å². The number of benzene rings is 6. The average molecular weight is 611 g/mol. The summed E-state index contributed by atoms with van der Waals surface area (Å²) in [5.41, 5.74) is 13.0. The van der Waals surface area contributed by atoms with Crippen molar-refractivity contribution in [3.05, 3.63) is 181 Å². The molecule has 0 atom stereocenters. The van der Waals surface area contributed by atoms with Gasteiger partial charge in [-0.05, 0) is 75.2 Å². The van der Waals surface area contributed by atoms with Crippen LogP contribution in [0.25, 0.3) is 50.9 Å². The third-order valence-electron chi connectivity index (χ3n) is 8.77. The van der Waals surface area contributed by atoms with E-state index in [1.165, 1.54) is 55.4 Å². The van der Waals surface area contributed by atoms with Gasteiger partial charge in [-0.2, -0.15) is 0 Å². The van der Waals surface area contributed by atoms with E-state index in [0.717, 1.165) is 36.5 Å². The molecule has 0 unspecified atom stereocenters. The molecule has 0 radical (unpaired) electrons. The van der Waals surface area contributed by atoms with Gasteiger partial charge >= 0.3 is 0 Å². The molecule has 0 saturated carbocycles. The number of aryl methyl sites for hydroxylation is 2. The molecule has 6 rings (SSSR count). The minimum absolute atomic E-state index is 0.733. The molecule has 0 aliphatic rings. The van der Waals surface area contributed by atoms with Gasteiger partial charge in [0.1, 0.15) is 0 Å². The molecule has 47 heavy (non-hydrogen) atoms. The Kier molecular flexibility index (Phi) is 9.91. The van der Waals surface area contributed by atoms with Gasteiger partial charge in [-0.25, -0.2) is 0 Å². The first kappa shape index (κ1) is 31.5. The second-order valence-electron chi connectivity index (χ2n) is 11.9. The third kappa shape index (κ3) is 6.89. The van der Waals surface area contributed by atoms with E-state index in [1.807, 2.05) is 12.1 Å². The van der Waals surface area contributed by atoms with Gasteiger partial charge in [0.2, 0.25) is 0 Å². The first-order valence-corrected chi connectivity index (χ1v) is 16.3. The summed E-state index contributed by atoms with van der Waals surface area (Å²) in [4.78, 5) is 2.32. The van der Waals surface area contributed by atoms with Gasteiger partial charge in [0, 0.05) is 31.0 Å². The van der Waals surface area contributed by atoms with Crippen molar-refractivity contribution in [1.82, 2.24) is 5.32 Å². The van der Waals surface area contributed by atoms with Gasteiger partial charge in [0.15, 0.2) is 0 Å². The Morgan fingerprint density at radius 2 is 1.28 bits per heavy atom. The van der Waals surface area contributed by atoms with Crippen LogP contribution in [0.4, 0.5) is 5.69 Å². The van der Waals surface area contributed by atoms with Crippen LogP contribution in [-0.2, 0) is 0 Å². The van der Waals surface area contributed by atoms with Crippen LogP contribution >= 0.6 is 0 Å². The largest absolute Gasteiger partial charge is 0.340 e. The first-order valence-electron chi connectivity index (χ1n) is 16.3. The van der Waals surface area contributed by atoms with Crippen molar-refractivity contribution >= 4 is 34.3 Å². The van der Waals surface area contributed by atoms with Crippen LogP contribution < -0.4 is 10.2 Å². The van der Waals surface area contributed by atoms with Crippen LogP contribution in [0.3, 0.4) is 0 Å². The lowest BCUT2D eigenvalue weighted by Gasteiger charge is -2.29. The summed E-state index contributed by atoms with van der Waals surface area (Å²) in [6.45, 7) is 15.5. The molecule has 2 nitrogen and oxygen atoms in total. The lowest BCUT2D eigenvalue weighted by Crippen LogP contribution is -2.31. The van der Waals surface area contributed by atoms with Crippen LogP contribution in [-0.4, -0.2) is 19.6 Å². The third-order valence-corrected chi connectivity index (χ3v) is 8.77. The van der Waals surface area contributed by atoms with Crippen molar-refractivity contribution in [1.29, 1.82) is 0 Å². The lowest BCUT2D eigenvalue weighted by molar-refractivity contribution is 0.744. The normalized spacial score (nSPS) is 11.2. The van der Waals surface area contributed by atoms with Gasteiger partial charge in [-0.3, -0.25) is 0 Å². The van der Waals surface area contributed by atoms with Crippen molar-refractivity contribution in [2.24, 2.45) is 0 Å². The number of nitrogens with zero attached hydrogens (tertiary/aromatic N) is 1. The highest BCUT2D eigenvalue weighted by molar-refractivity contribution is 6.11.